The first-order valence-electron chi connectivity index (χ1n) is 8.70. The van der Waals surface area contributed by atoms with Crippen LogP contribution in [0.25, 0.3) is 0 Å². The Hall–Kier alpha value is -1.50. The van der Waals surface area contributed by atoms with Gasteiger partial charge in [-0.1, -0.05) is 12.1 Å². The highest BCUT2D eigenvalue weighted by Crippen LogP contribution is 2.36. The van der Waals surface area contributed by atoms with Gasteiger partial charge in [-0.05, 0) is 25.5 Å². The lowest BCUT2D eigenvalue weighted by Crippen LogP contribution is -2.51. The highest BCUT2D eigenvalue weighted by molar-refractivity contribution is 5.99. The van der Waals surface area contributed by atoms with Crippen molar-refractivity contribution < 1.29 is 18.7 Å². The SMILES string of the molecule is C[C@@H]1COC2(CCN([C@H]3CCN(c4ccccc4F)C3=O)CC2)O1. The molecule has 0 aromatic heterocycles. The molecule has 0 bridgehead atoms. The molecule has 0 radical (unpaired) electrons. The number of hydrogen-bond donors (Lipinski definition) is 0. The number of carbonyl (C=O) groups is 1. The van der Waals surface area contributed by atoms with E-state index >= 15 is 0 Å². The predicted molar refractivity (Wildman–Crippen MR) is 87.2 cm³/mol. The number of rotatable bonds is 2. The van der Waals surface area contributed by atoms with Gasteiger partial charge in [0.2, 0.25) is 5.91 Å². The lowest BCUT2D eigenvalue weighted by atomic mass is 10.0. The number of ether oxygens (including phenoxy) is 2. The van der Waals surface area contributed by atoms with E-state index in [9.17, 15) is 9.18 Å². The highest BCUT2D eigenvalue weighted by Gasteiger charge is 2.46. The first-order valence-corrected chi connectivity index (χ1v) is 8.70. The topological polar surface area (TPSA) is 42.0 Å². The van der Waals surface area contributed by atoms with Crippen LogP contribution in [0, 0.1) is 5.82 Å². The van der Waals surface area contributed by atoms with E-state index in [1.54, 1.807) is 23.1 Å². The molecule has 1 spiro atoms. The van der Waals surface area contributed by atoms with Gasteiger partial charge in [-0.2, -0.15) is 0 Å². The number of hydrogen-bond acceptors (Lipinski definition) is 4. The largest absolute Gasteiger partial charge is 0.347 e. The molecule has 3 aliphatic rings. The number of halogens is 1. The van der Waals surface area contributed by atoms with Crippen LogP contribution in [-0.2, 0) is 14.3 Å². The molecule has 1 aromatic rings. The number of anilines is 1. The Bertz CT molecular complexity index is 630. The van der Waals surface area contributed by atoms with E-state index in [1.807, 2.05) is 6.92 Å². The third kappa shape index (κ3) is 2.72. The fraction of sp³-hybridized carbons (Fsp3) is 0.611. The Balaban J connectivity index is 1.42. The van der Waals surface area contributed by atoms with Gasteiger partial charge in [0, 0.05) is 32.5 Å². The molecule has 130 valence electrons. The van der Waals surface area contributed by atoms with Crippen molar-refractivity contribution in [3.8, 4) is 0 Å². The maximum atomic E-state index is 14.0. The molecule has 6 heteroatoms. The maximum absolute atomic E-state index is 14.0. The summed E-state index contributed by atoms with van der Waals surface area (Å²) in [4.78, 5) is 16.6. The van der Waals surface area contributed by atoms with Gasteiger partial charge < -0.3 is 14.4 Å². The lowest BCUT2D eigenvalue weighted by molar-refractivity contribution is -0.195. The van der Waals surface area contributed by atoms with Gasteiger partial charge in [0.05, 0.1) is 24.4 Å². The molecule has 1 aromatic carbocycles. The Morgan fingerprint density at radius 3 is 2.62 bits per heavy atom. The summed E-state index contributed by atoms with van der Waals surface area (Å²) in [6.45, 7) is 4.77. The van der Waals surface area contributed by atoms with E-state index in [2.05, 4.69) is 4.90 Å². The van der Waals surface area contributed by atoms with Gasteiger partial charge in [0.25, 0.3) is 0 Å². The summed E-state index contributed by atoms with van der Waals surface area (Å²) in [6.07, 6.45) is 2.43. The van der Waals surface area contributed by atoms with Gasteiger partial charge in [-0.25, -0.2) is 4.39 Å². The van der Waals surface area contributed by atoms with Crippen LogP contribution < -0.4 is 4.90 Å². The van der Waals surface area contributed by atoms with Crippen LogP contribution >= 0.6 is 0 Å². The smallest absolute Gasteiger partial charge is 0.244 e. The third-order valence-corrected chi connectivity index (χ3v) is 5.32. The summed E-state index contributed by atoms with van der Waals surface area (Å²) >= 11 is 0. The van der Waals surface area contributed by atoms with Gasteiger partial charge in [0.1, 0.15) is 5.82 Å². The van der Waals surface area contributed by atoms with Gasteiger partial charge in [0.15, 0.2) is 5.79 Å². The molecule has 0 unspecified atom stereocenters. The second kappa shape index (κ2) is 6.10. The van der Waals surface area contributed by atoms with Crippen molar-refractivity contribution in [1.82, 2.24) is 4.90 Å². The molecule has 0 N–H and O–H groups in total. The zero-order chi connectivity index (χ0) is 16.7. The first kappa shape index (κ1) is 16.0. The van der Waals surface area contributed by atoms with Crippen LogP contribution in [-0.4, -0.2) is 55.0 Å². The van der Waals surface area contributed by atoms with Crippen molar-refractivity contribution in [1.29, 1.82) is 0 Å². The average molecular weight is 334 g/mol. The van der Waals surface area contributed by atoms with Crippen molar-refractivity contribution in [3.05, 3.63) is 30.1 Å². The zero-order valence-corrected chi connectivity index (χ0v) is 13.9. The molecule has 2 atom stereocenters. The fourth-order valence-electron chi connectivity index (χ4n) is 4.06. The minimum absolute atomic E-state index is 0.00215. The molecule has 1 amide bonds. The minimum Gasteiger partial charge on any atom is -0.347 e. The summed E-state index contributed by atoms with van der Waals surface area (Å²) in [7, 11) is 0. The number of carbonyl (C=O) groups excluding carboxylic acids is 1. The summed E-state index contributed by atoms with van der Waals surface area (Å²) in [5.41, 5.74) is 0.384. The van der Waals surface area contributed by atoms with E-state index in [1.165, 1.54) is 6.07 Å². The normalized spacial score (nSPS) is 30.4. The van der Waals surface area contributed by atoms with Crippen molar-refractivity contribution >= 4 is 11.6 Å². The van der Waals surface area contributed by atoms with E-state index in [0.717, 1.165) is 32.4 Å². The van der Waals surface area contributed by atoms with Crippen LogP contribution in [0.15, 0.2) is 24.3 Å². The molecular formula is C18H23FN2O3. The third-order valence-electron chi connectivity index (χ3n) is 5.32. The van der Waals surface area contributed by atoms with E-state index in [-0.39, 0.29) is 23.9 Å². The lowest BCUT2D eigenvalue weighted by Gasteiger charge is -2.39. The summed E-state index contributed by atoms with van der Waals surface area (Å²) in [5, 5.41) is 0. The second-order valence-corrected chi connectivity index (χ2v) is 6.93. The van der Waals surface area contributed by atoms with Gasteiger partial charge >= 0.3 is 0 Å². The molecule has 4 rings (SSSR count). The van der Waals surface area contributed by atoms with Crippen molar-refractivity contribution in [2.45, 2.75) is 44.1 Å². The Morgan fingerprint density at radius 1 is 1.21 bits per heavy atom. The Labute approximate surface area is 141 Å². The van der Waals surface area contributed by atoms with E-state index < -0.39 is 5.79 Å². The number of amides is 1. The predicted octanol–water partition coefficient (Wildman–Crippen LogP) is 2.16. The number of benzene rings is 1. The average Bonchev–Trinajstić information content (AvgIpc) is 3.13. The van der Waals surface area contributed by atoms with Crippen LogP contribution in [0.3, 0.4) is 0 Å². The van der Waals surface area contributed by atoms with Crippen LogP contribution in [0.4, 0.5) is 10.1 Å². The minimum atomic E-state index is -0.456. The highest BCUT2D eigenvalue weighted by atomic mass is 19.1. The van der Waals surface area contributed by atoms with Crippen LogP contribution in [0.5, 0.6) is 0 Å². The molecule has 3 saturated heterocycles. The standard InChI is InChI=1S/C18H23FN2O3/c1-13-12-23-18(24-13)7-10-20(11-8-18)16-6-9-21(17(16)22)15-5-3-2-4-14(15)19/h2-5,13,16H,6-12H2,1H3/t13-,16+/m1/s1. The molecule has 0 aliphatic carbocycles. The second-order valence-electron chi connectivity index (χ2n) is 6.93. The van der Waals surface area contributed by atoms with Crippen LogP contribution in [0.1, 0.15) is 26.2 Å². The Kier molecular flexibility index (Phi) is 4.06. The van der Waals surface area contributed by atoms with Crippen LogP contribution in [0.2, 0.25) is 0 Å². The first-order chi connectivity index (χ1) is 11.6. The van der Waals surface area contributed by atoms with Crippen molar-refractivity contribution in [2.75, 3.05) is 31.1 Å². The molecule has 5 nitrogen and oxygen atoms in total. The Morgan fingerprint density at radius 2 is 1.96 bits per heavy atom. The fourth-order valence-corrected chi connectivity index (χ4v) is 4.06. The van der Waals surface area contributed by atoms with Crippen molar-refractivity contribution in [2.24, 2.45) is 0 Å². The molecule has 24 heavy (non-hydrogen) atoms. The monoisotopic (exact) mass is 334 g/mol. The van der Waals surface area contributed by atoms with E-state index in [0.29, 0.717) is 18.8 Å². The van der Waals surface area contributed by atoms with Gasteiger partial charge in [-0.3, -0.25) is 9.69 Å². The zero-order valence-electron chi connectivity index (χ0n) is 13.9. The number of piperidine rings is 1. The molecule has 3 aliphatic heterocycles. The number of likely N-dealkylation sites (tertiary alicyclic amines) is 1. The molecule has 0 saturated carbocycles. The molecular weight excluding hydrogens is 311 g/mol. The molecule has 3 heterocycles. The summed E-state index contributed by atoms with van der Waals surface area (Å²) in [5.74, 6) is -0.800. The van der Waals surface area contributed by atoms with Crippen molar-refractivity contribution in [3.63, 3.8) is 0 Å². The maximum Gasteiger partial charge on any atom is 0.244 e. The molecule has 3 fully saturated rings. The van der Waals surface area contributed by atoms with Gasteiger partial charge in [-0.15, -0.1) is 0 Å². The summed E-state index contributed by atoms with van der Waals surface area (Å²) in [6, 6.07) is 6.31. The summed E-state index contributed by atoms with van der Waals surface area (Å²) < 4.78 is 25.8. The quantitative estimate of drug-likeness (QED) is 0.831. The number of nitrogens with zero attached hydrogens (tertiary/aromatic N) is 2. The van der Waals surface area contributed by atoms with E-state index in [4.69, 9.17) is 9.47 Å². The number of para-hydroxylation sites is 1.